The van der Waals surface area contributed by atoms with E-state index in [1.54, 1.807) is 31.2 Å². The third kappa shape index (κ3) is 9.14. The quantitative estimate of drug-likeness (QED) is 0.346. The number of carbonyl (C=O) groups excluding carboxylic acids is 2. The number of anilines is 1. The van der Waals surface area contributed by atoms with E-state index in [0.29, 0.717) is 24.5 Å². The van der Waals surface area contributed by atoms with E-state index in [1.807, 2.05) is 74.5 Å². The standard InChI is InChI=1S/C30H37N3O5S/c1-23(2)31-30(35)24(3)32(20-19-25-11-7-5-8-12-25)29(34)21-33(39(4,36)37)27-15-17-28(18-16-27)38-22-26-13-9-6-10-14-26/h5-18,23-24H,19-22H2,1-4H3,(H,31,35). The van der Waals surface area contributed by atoms with Crippen molar-refractivity contribution in [1.29, 1.82) is 0 Å². The van der Waals surface area contributed by atoms with Crippen LogP contribution in [0, 0.1) is 0 Å². The number of sulfonamides is 1. The molecule has 0 fully saturated rings. The number of carbonyl (C=O) groups is 2. The molecule has 0 spiro atoms. The van der Waals surface area contributed by atoms with Crippen molar-refractivity contribution >= 4 is 27.5 Å². The fourth-order valence-electron chi connectivity index (χ4n) is 4.04. The van der Waals surface area contributed by atoms with Crippen LogP contribution in [-0.2, 0) is 32.6 Å². The number of amides is 2. The molecule has 3 rings (SSSR count). The van der Waals surface area contributed by atoms with Gasteiger partial charge < -0.3 is 15.0 Å². The van der Waals surface area contributed by atoms with Crippen LogP contribution in [0.15, 0.2) is 84.9 Å². The molecule has 3 aromatic carbocycles. The molecule has 1 N–H and O–H groups in total. The predicted molar refractivity (Wildman–Crippen MR) is 154 cm³/mol. The highest BCUT2D eigenvalue weighted by Crippen LogP contribution is 2.23. The van der Waals surface area contributed by atoms with Gasteiger partial charge in [-0.15, -0.1) is 0 Å². The number of rotatable bonds is 13. The van der Waals surface area contributed by atoms with Gasteiger partial charge in [-0.25, -0.2) is 8.42 Å². The molecule has 208 valence electrons. The molecule has 1 unspecified atom stereocenters. The zero-order chi connectivity index (χ0) is 28.4. The minimum absolute atomic E-state index is 0.0961. The van der Waals surface area contributed by atoms with Crippen molar-refractivity contribution < 1.29 is 22.7 Å². The van der Waals surface area contributed by atoms with Gasteiger partial charge in [-0.2, -0.15) is 0 Å². The van der Waals surface area contributed by atoms with Gasteiger partial charge in [0.05, 0.1) is 11.9 Å². The van der Waals surface area contributed by atoms with Crippen molar-refractivity contribution in [2.45, 2.75) is 45.9 Å². The molecule has 3 aromatic rings. The number of nitrogens with zero attached hydrogens (tertiary/aromatic N) is 2. The number of nitrogens with one attached hydrogen (secondary N) is 1. The van der Waals surface area contributed by atoms with Crippen LogP contribution in [0.4, 0.5) is 5.69 Å². The van der Waals surface area contributed by atoms with Crippen LogP contribution in [0.2, 0.25) is 0 Å². The van der Waals surface area contributed by atoms with E-state index < -0.39 is 28.5 Å². The highest BCUT2D eigenvalue weighted by atomic mass is 32.2. The van der Waals surface area contributed by atoms with Crippen LogP contribution < -0.4 is 14.4 Å². The lowest BCUT2D eigenvalue weighted by atomic mass is 10.1. The minimum atomic E-state index is -3.80. The third-order valence-corrected chi connectivity index (χ3v) is 7.28. The fraction of sp³-hybridized carbons (Fsp3) is 0.333. The molecule has 0 heterocycles. The molecule has 0 aliphatic carbocycles. The molecule has 0 aromatic heterocycles. The van der Waals surface area contributed by atoms with E-state index in [0.717, 1.165) is 21.7 Å². The maximum absolute atomic E-state index is 13.6. The van der Waals surface area contributed by atoms with Gasteiger partial charge in [0, 0.05) is 12.6 Å². The maximum Gasteiger partial charge on any atom is 0.244 e. The van der Waals surface area contributed by atoms with Gasteiger partial charge in [-0.3, -0.25) is 13.9 Å². The summed E-state index contributed by atoms with van der Waals surface area (Å²) in [5.74, 6) is -0.185. The molecular weight excluding hydrogens is 514 g/mol. The molecule has 1 atom stereocenters. The average molecular weight is 552 g/mol. The summed E-state index contributed by atoms with van der Waals surface area (Å²) < 4.78 is 32.4. The zero-order valence-electron chi connectivity index (χ0n) is 22.9. The second-order valence-corrected chi connectivity index (χ2v) is 11.6. The first-order valence-corrected chi connectivity index (χ1v) is 14.8. The molecule has 8 nitrogen and oxygen atoms in total. The van der Waals surface area contributed by atoms with Crippen LogP contribution >= 0.6 is 0 Å². The van der Waals surface area contributed by atoms with E-state index >= 15 is 0 Å². The maximum atomic E-state index is 13.6. The molecule has 0 bridgehead atoms. The molecule has 9 heteroatoms. The Balaban J connectivity index is 1.77. The number of benzene rings is 3. The zero-order valence-corrected chi connectivity index (χ0v) is 23.7. The van der Waals surface area contributed by atoms with Crippen LogP contribution in [0.25, 0.3) is 0 Å². The number of hydrogen-bond acceptors (Lipinski definition) is 5. The summed E-state index contributed by atoms with van der Waals surface area (Å²) in [4.78, 5) is 27.8. The summed E-state index contributed by atoms with van der Waals surface area (Å²) in [5, 5.41) is 2.84. The highest BCUT2D eigenvalue weighted by molar-refractivity contribution is 7.92. The predicted octanol–water partition coefficient (Wildman–Crippen LogP) is 4.02. The van der Waals surface area contributed by atoms with Crippen LogP contribution in [0.5, 0.6) is 5.75 Å². The molecule has 39 heavy (non-hydrogen) atoms. The third-order valence-electron chi connectivity index (χ3n) is 6.13. The van der Waals surface area contributed by atoms with Gasteiger partial charge in [-0.1, -0.05) is 60.7 Å². The Kier molecular flexibility index (Phi) is 10.5. The second kappa shape index (κ2) is 13.8. The Bertz CT molecular complexity index is 1310. The minimum Gasteiger partial charge on any atom is -0.489 e. The lowest BCUT2D eigenvalue weighted by Gasteiger charge is -2.32. The van der Waals surface area contributed by atoms with Crippen molar-refractivity contribution in [1.82, 2.24) is 10.2 Å². The smallest absolute Gasteiger partial charge is 0.244 e. The largest absolute Gasteiger partial charge is 0.489 e. The van der Waals surface area contributed by atoms with E-state index in [1.165, 1.54) is 4.90 Å². The Morgan fingerprint density at radius 1 is 0.846 bits per heavy atom. The first-order chi connectivity index (χ1) is 18.5. The van der Waals surface area contributed by atoms with Gasteiger partial charge in [0.15, 0.2) is 0 Å². The van der Waals surface area contributed by atoms with Crippen molar-refractivity contribution in [3.8, 4) is 5.75 Å². The Morgan fingerprint density at radius 2 is 1.41 bits per heavy atom. The Hall–Kier alpha value is -3.85. The first-order valence-electron chi connectivity index (χ1n) is 12.9. The monoisotopic (exact) mass is 551 g/mol. The van der Waals surface area contributed by atoms with Gasteiger partial charge in [0.25, 0.3) is 0 Å². The summed E-state index contributed by atoms with van der Waals surface area (Å²) >= 11 is 0. The molecule has 0 saturated heterocycles. The summed E-state index contributed by atoms with van der Waals surface area (Å²) in [6.07, 6.45) is 1.58. The van der Waals surface area contributed by atoms with Crippen LogP contribution in [0.1, 0.15) is 31.9 Å². The van der Waals surface area contributed by atoms with E-state index in [2.05, 4.69) is 5.32 Å². The van der Waals surface area contributed by atoms with Gasteiger partial charge in [0.2, 0.25) is 21.8 Å². The molecule has 0 radical (unpaired) electrons. The fourth-order valence-corrected chi connectivity index (χ4v) is 4.89. The topological polar surface area (TPSA) is 96.0 Å². The van der Waals surface area contributed by atoms with E-state index in [4.69, 9.17) is 4.74 Å². The van der Waals surface area contributed by atoms with Crippen LogP contribution in [-0.4, -0.2) is 56.6 Å². The average Bonchev–Trinajstić information content (AvgIpc) is 2.91. The Labute approximate surface area is 231 Å². The van der Waals surface area contributed by atoms with Gasteiger partial charge >= 0.3 is 0 Å². The van der Waals surface area contributed by atoms with Crippen molar-refractivity contribution in [2.24, 2.45) is 0 Å². The van der Waals surface area contributed by atoms with Crippen molar-refractivity contribution in [3.05, 3.63) is 96.1 Å². The summed E-state index contributed by atoms with van der Waals surface area (Å²) in [6, 6.07) is 25.0. The SMILES string of the molecule is CC(C)NC(=O)C(C)N(CCc1ccccc1)C(=O)CN(c1ccc(OCc2ccccc2)cc1)S(C)(=O)=O. The normalized spacial score (nSPS) is 12.0. The molecule has 0 saturated carbocycles. The lowest BCUT2D eigenvalue weighted by molar-refractivity contribution is -0.139. The van der Waals surface area contributed by atoms with E-state index in [-0.39, 0.29) is 18.5 Å². The van der Waals surface area contributed by atoms with E-state index in [9.17, 15) is 18.0 Å². The number of ether oxygens (including phenoxy) is 1. The Morgan fingerprint density at radius 3 is 1.95 bits per heavy atom. The summed E-state index contributed by atoms with van der Waals surface area (Å²) in [6.45, 7) is 5.56. The lowest BCUT2D eigenvalue weighted by Crippen LogP contribution is -2.53. The van der Waals surface area contributed by atoms with Gasteiger partial charge in [-0.05, 0) is 62.6 Å². The summed E-state index contributed by atoms with van der Waals surface area (Å²) in [7, 11) is -3.80. The van der Waals surface area contributed by atoms with Crippen LogP contribution in [0.3, 0.4) is 0 Å². The molecular formula is C30H37N3O5S. The first kappa shape index (κ1) is 29.7. The molecule has 2 amide bonds. The number of hydrogen-bond donors (Lipinski definition) is 1. The van der Waals surface area contributed by atoms with Crippen molar-refractivity contribution in [3.63, 3.8) is 0 Å². The summed E-state index contributed by atoms with van der Waals surface area (Å²) in [5.41, 5.74) is 2.36. The molecule has 0 aliphatic rings. The van der Waals surface area contributed by atoms with Gasteiger partial charge in [0.1, 0.15) is 24.9 Å². The molecule has 0 aliphatic heterocycles. The second-order valence-electron chi connectivity index (χ2n) is 9.70. The highest BCUT2D eigenvalue weighted by Gasteiger charge is 2.30. The van der Waals surface area contributed by atoms with Crippen molar-refractivity contribution in [2.75, 3.05) is 23.7 Å².